The van der Waals surface area contributed by atoms with Crippen LogP contribution in [0.1, 0.15) is 34.9 Å². The first-order chi connectivity index (χ1) is 13.4. The van der Waals surface area contributed by atoms with E-state index in [1.54, 1.807) is 38.1 Å². The third-order valence-electron chi connectivity index (χ3n) is 4.24. The number of anilines is 1. The monoisotopic (exact) mass is 399 g/mol. The van der Waals surface area contributed by atoms with Gasteiger partial charge in [-0.05, 0) is 38.5 Å². The molecule has 0 aliphatic rings. The number of carbonyl (C=O) groups excluding carboxylic acids is 2. The summed E-state index contributed by atoms with van der Waals surface area (Å²) in [6.45, 7) is 5.48. The number of aryl methyl sites for hydroxylation is 2. The number of hydrogen-bond donors (Lipinski definition) is 1. The molecule has 0 atom stereocenters. The van der Waals surface area contributed by atoms with Crippen molar-refractivity contribution in [1.82, 2.24) is 9.55 Å². The maximum absolute atomic E-state index is 12.8. The molecule has 7 nitrogen and oxygen atoms in total. The summed E-state index contributed by atoms with van der Waals surface area (Å²) < 4.78 is 6.36. The van der Waals surface area contributed by atoms with Gasteiger partial charge in [-0.2, -0.15) is 0 Å². The van der Waals surface area contributed by atoms with E-state index in [0.717, 1.165) is 11.3 Å². The Bertz CT molecular complexity index is 1100. The number of nitrogens with one attached hydrogen (secondary N) is 1. The Balaban J connectivity index is 1.87. The Hall–Kier alpha value is -3.00. The molecule has 0 bridgehead atoms. The van der Waals surface area contributed by atoms with E-state index in [1.165, 1.54) is 15.9 Å². The van der Waals surface area contributed by atoms with Crippen molar-refractivity contribution in [1.29, 1.82) is 0 Å². The second-order valence-electron chi connectivity index (χ2n) is 6.15. The van der Waals surface area contributed by atoms with Gasteiger partial charge in [-0.15, -0.1) is 11.3 Å². The second kappa shape index (κ2) is 8.35. The number of aromatic nitrogens is 2. The number of nitrogens with zero attached hydrogens (tertiary/aromatic N) is 2. The smallest absolute Gasteiger partial charge is 0.340 e. The molecule has 0 saturated heterocycles. The molecule has 0 fully saturated rings. The summed E-state index contributed by atoms with van der Waals surface area (Å²) in [5.74, 6) is -0.468. The van der Waals surface area contributed by atoms with Crippen molar-refractivity contribution >= 4 is 39.1 Å². The number of hydrogen-bond acceptors (Lipinski definition) is 6. The lowest BCUT2D eigenvalue weighted by atomic mass is 10.2. The number of thiophene rings is 1. The lowest BCUT2D eigenvalue weighted by Gasteiger charge is -2.12. The van der Waals surface area contributed by atoms with Crippen LogP contribution in [0.5, 0.6) is 0 Å². The number of benzene rings is 1. The normalized spacial score (nSPS) is 10.8. The van der Waals surface area contributed by atoms with E-state index in [9.17, 15) is 14.4 Å². The van der Waals surface area contributed by atoms with Gasteiger partial charge in [0, 0.05) is 4.88 Å². The number of fused-ring (bicyclic) bond motifs is 1. The highest BCUT2D eigenvalue weighted by atomic mass is 32.1. The summed E-state index contributed by atoms with van der Waals surface area (Å²) in [4.78, 5) is 43.6. The van der Waals surface area contributed by atoms with E-state index in [-0.39, 0.29) is 24.3 Å². The lowest BCUT2D eigenvalue weighted by molar-refractivity contribution is -0.116. The average Bonchev–Trinajstić information content (AvgIpc) is 3.09. The number of para-hydroxylation sites is 1. The molecule has 8 heteroatoms. The molecular weight excluding hydrogens is 378 g/mol. The van der Waals surface area contributed by atoms with E-state index in [2.05, 4.69) is 10.3 Å². The van der Waals surface area contributed by atoms with E-state index in [0.29, 0.717) is 21.7 Å². The Kier molecular flexibility index (Phi) is 5.89. The molecule has 1 N–H and O–H groups in total. The van der Waals surface area contributed by atoms with Gasteiger partial charge in [0.2, 0.25) is 5.91 Å². The summed E-state index contributed by atoms with van der Waals surface area (Å²) in [5, 5.41) is 3.21. The van der Waals surface area contributed by atoms with Crippen LogP contribution in [0.15, 0.2) is 35.1 Å². The van der Waals surface area contributed by atoms with Gasteiger partial charge in [-0.1, -0.05) is 19.1 Å². The second-order valence-corrected chi connectivity index (χ2v) is 7.26. The topological polar surface area (TPSA) is 90.3 Å². The molecule has 0 aliphatic carbocycles. The number of ether oxygens (including phenoxy) is 1. The standard InChI is InChI=1S/C20H21N3O4S/c1-4-13-10-15-18(28-13)21-12(3)23(19(15)25)11-17(24)22-16-9-7-6-8-14(16)20(26)27-5-2/h6-10H,4-5,11H2,1-3H3,(H,22,24). The quantitative estimate of drug-likeness (QED) is 0.643. The molecule has 2 heterocycles. The largest absolute Gasteiger partial charge is 0.462 e. The zero-order valence-electron chi connectivity index (χ0n) is 15.9. The Morgan fingerprint density at radius 2 is 2.00 bits per heavy atom. The zero-order valence-corrected chi connectivity index (χ0v) is 16.8. The van der Waals surface area contributed by atoms with Crippen molar-refractivity contribution < 1.29 is 14.3 Å². The highest BCUT2D eigenvalue weighted by Crippen LogP contribution is 2.22. The molecule has 0 spiro atoms. The van der Waals surface area contributed by atoms with Crippen LogP contribution in [0.4, 0.5) is 5.69 Å². The molecule has 1 aromatic carbocycles. The van der Waals surface area contributed by atoms with Crippen LogP contribution in [0, 0.1) is 6.92 Å². The number of rotatable bonds is 6. The minimum atomic E-state index is -0.514. The van der Waals surface area contributed by atoms with E-state index >= 15 is 0 Å². The molecule has 0 aliphatic heterocycles. The minimum Gasteiger partial charge on any atom is -0.462 e. The van der Waals surface area contributed by atoms with Gasteiger partial charge >= 0.3 is 5.97 Å². The predicted molar refractivity (Wildman–Crippen MR) is 109 cm³/mol. The van der Waals surface area contributed by atoms with Gasteiger partial charge in [0.1, 0.15) is 17.2 Å². The summed E-state index contributed by atoms with van der Waals surface area (Å²) in [5.41, 5.74) is 0.363. The summed E-state index contributed by atoms with van der Waals surface area (Å²) in [7, 11) is 0. The van der Waals surface area contributed by atoms with Gasteiger partial charge < -0.3 is 10.1 Å². The molecule has 0 radical (unpaired) electrons. The van der Waals surface area contributed by atoms with Crippen molar-refractivity contribution in [3.8, 4) is 0 Å². The first kappa shape index (κ1) is 19.8. The fourth-order valence-electron chi connectivity index (χ4n) is 2.84. The van der Waals surface area contributed by atoms with Crippen molar-refractivity contribution in [3.05, 3.63) is 57.0 Å². The third kappa shape index (κ3) is 3.96. The van der Waals surface area contributed by atoms with Crippen molar-refractivity contribution in [3.63, 3.8) is 0 Å². The van der Waals surface area contributed by atoms with Crippen molar-refractivity contribution in [2.24, 2.45) is 0 Å². The predicted octanol–water partition coefficient (Wildman–Crippen LogP) is 3.14. The fourth-order valence-corrected chi connectivity index (χ4v) is 3.84. The first-order valence-electron chi connectivity index (χ1n) is 9.00. The van der Waals surface area contributed by atoms with E-state index < -0.39 is 11.9 Å². The molecule has 1 amide bonds. The molecular formula is C20H21N3O4S. The van der Waals surface area contributed by atoms with Crippen LogP contribution >= 0.6 is 11.3 Å². The summed E-state index contributed by atoms with van der Waals surface area (Å²) in [6.07, 6.45) is 0.824. The maximum Gasteiger partial charge on any atom is 0.340 e. The highest BCUT2D eigenvalue weighted by molar-refractivity contribution is 7.18. The van der Waals surface area contributed by atoms with Crippen LogP contribution < -0.4 is 10.9 Å². The van der Waals surface area contributed by atoms with Crippen LogP contribution in [-0.4, -0.2) is 28.0 Å². The maximum atomic E-state index is 12.8. The summed E-state index contributed by atoms with van der Waals surface area (Å²) >= 11 is 1.49. The fraction of sp³-hybridized carbons (Fsp3) is 0.300. The molecule has 0 unspecified atom stereocenters. The SMILES string of the molecule is CCOC(=O)c1ccccc1NC(=O)Cn1c(C)nc2sc(CC)cc2c1=O. The zero-order chi connectivity index (χ0) is 20.3. The Labute approximate surface area is 166 Å². The van der Waals surface area contributed by atoms with Gasteiger partial charge in [-0.3, -0.25) is 14.2 Å². The van der Waals surface area contributed by atoms with Crippen LogP contribution in [0.25, 0.3) is 10.2 Å². The first-order valence-corrected chi connectivity index (χ1v) is 9.82. The number of esters is 1. The van der Waals surface area contributed by atoms with Crippen molar-refractivity contribution in [2.45, 2.75) is 33.7 Å². The minimum absolute atomic E-state index is 0.192. The van der Waals surface area contributed by atoms with Crippen LogP contribution in [0.2, 0.25) is 0 Å². The van der Waals surface area contributed by atoms with Gasteiger partial charge in [0.15, 0.2) is 0 Å². The van der Waals surface area contributed by atoms with Crippen LogP contribution in [0.3, 0.4) is 0 Å². The average molecular weight is 399 g/mol. The lowest BCUT2D eigenvalue weighted by Crippen LogP contribution is -2.30. The van der Waals surface area contributed by atoms with Gasteiger partial charge in [0.25, 0.3) is 5.56 Å². The Morgan fingerprint density at radius 3 is 2.71 bits per heavy atom. The van der Waals surface area contributed by atoms with Gasteiger partial charge in [0.05, 0.1) is 23.2 Å². The number of carbonyl (C=O) groups is 2. The van der Waals surface area contributed by atoms with Gasteiger partial charge in [-0.25, -0.2) is 9.78 Å². The molecule has 0 saturated carbocycles. The third-order valence-corrected chi connectivity index (χ3v) is 5.41. The van der Waals surface area contributed by atoms with Crippen LogP contribution in [-0.2, 0) is 22.5 Å². The van der Waals surface area contributed by atoms with E-state index in [4.69, 9.17) is 4.74 Å². The Morgan fingerprint density at radius 1 is 1.25 bits per heavy atom. The van der Waals surface area contributed by atoms with E-state index in [1.807, 2.05) is 13.0 Å². The summed E-state index contributed by atoms with van der Waals surface area (Å²) in [6, 6.07) is 8.43. The molecule has 2 aromatic heterocycles. The molecule has 146 valence electrons. The highest BCUT2D eigenvalue weighted by Gasteiger charge is 2.17. The van der Waals surface area contributed by atoms with Crippen molar-refractivity contribution in [2.75, 3.05) is 11.9 Å². The molecule has 3 rings (SSSR count). The molecule has 3 aromatic rings. The number of amides is 1. The molecule has 28 heavy (non-hydrogen) atoms.